The van der Waals surface area contributed by atoms with Gasteiger partial charge in [0, 0.05) is 76.2 Å². The van der Waals surface area contributed by atoms with Crippen LogP contribution in [0.4, 0.5) is 47.3 Å². The van der Waals surface area contributed by atoms with Crippen molar-refractivity contribution in [2.45, 2.75) is 69.0 Å². The van der Waals surface area contributed by atoms with Gasteiger partial charge in [-0.3, -0.25) is 9.69 Å². The lowest BCUT2D eigenvalue weighted by Gasteiger charge is -2.51. The van der Waals surface area contributed by atoms with Crippen molar-refractivity contribution in [3.8, 4) is 0 Å². The molecule has 1 aromatic heterocycles. The second-order valence-electron chi connectivity index (χ2n) is 14.8. The van der Waals surface area contributed by atoms with Crippen LogP contribution in [0.2, 0.25) is 0 Å². The Morgan fingerprint density at radius 1 is 0.868 bits per heavy atom. The van der Waals surface area contributed by atoms with Crippen molar-refractivity contribution in [2.75, 3.05) is 76.5 Å². The molecule has 7 heterocycles. The molecule has 11 nitrogen and oxygen atoms in total. The van der Waals surface area contributed by atoms with E-state index in [4.69, 9.17) is 5.73 Å². The van der Waals surface area contributed by atoms with Gasteiger partial charge in [-0.25, -0.2) is 9.59 Å². The second kappa shape index (κ2) is 14.8. The predicted molar refractivity (Wildman–Crippen MR) is 186 cm³/mol. The molecule has 5 saturated heterocycles. The minimum atomic E-state index is -5.19. The third-order valence-corrected chi connectivity index (χ3v) is 12.5. The van der Waals surface area contributed by atoms with E-state index in [-0.39, 0.29) is 25.2 Å². The van der Waals surface area contributed by atoms with Crippen LogP contribution < -0.4 is 16.4 Å². The van der Waals surface area contributed by atoms with E-state index in [0.717, 1.165) is 43.7 Å². The summed E-state index contributed by atoms with van der Waals surface area (Å²) in [6, 6.07) is -1.03. The van der Waals surface area contributed by atoms with Crippen molar-refractivity contribution in [1.29, 1.82) is 0 Å². The molecule has 18 heteroatoms. The van der Waals surface area contributed by atoms with Gasteiger partial charge < -0.3 is 36.0 Å². The summed E-state index contributed by atoms with van der Waals surface area (Å²) in [6.45, 7) is 5.89. The molecule has 290 valence electrons. The van der Waals surface area contributed by atoms with Crippen LogP contribution in [0.1, 0.15) is 47.9 Å². The van der Waals surface area contributed by atoms with Gasteiger partial charge in [0.05, 0.1) is 22.5 Å². The fourth-order valence-corrected chi connectivity index (χ4v) is 9.53. The Kier molecular flexibility index (Phi) is 10.5. The SMILES string of the molecule is Nc1c(C(F)(F)F)cc(C[C@@H](NC(=O)N2CCC(N3CCc4cscc4NC3=O)CC2)C(=O)N2CCN(C3CN4CCC3CC4)CC2)cc1C(F)(F)F. The second-order valence-corrected chi connectivity index (χ2v) is 15.5. The number of nitrogens with two attached hydrogens (primary N) is 1. The van der Waals surface area contributed by atoms with E-state index >= 15 is 0 Å². The Morgan fingerprint density at radius 3 is 2.09 bits per heavy atom. The first kappa shape index (κ1) is 37.5. The lowest BCUT2D eigenvalue weighted by atomic mass is 9.83. The lowest BCUT2D eigenvalue weighted by Crippen LogP contribution is -2.63. The number of thiophene rings is 1. The summed E-state index contributed by atoms with van der Waals surface area (Å²) in [5.74, 6) is 0.00574. The van der Waals surface area contributed by atoms with Crippen molar-refractivity contribution in [3.63, 3.8) is 0 Å². The highest BCUT2D eigenvalue weighted by molar-refractivity contribution is 7.08. The molecule has 2 aromatic rings. The van der Waals surface area contributed by atoms with Crippen LogP contribution in [0.5, 0.6) is 0 Å². The minimum Gasteiger partial charge on any atom is -0.398 e. The first-order valence-electron chi connectivity index (χ1n) is 18.2. The molecule has 1 aromatic carbocycles. The number of alkyl halides is 6. The van der Waals surface area contributed by atoms with Crippen molar-refractivity contribution in [2.24, 2.45) is 5.92 Å². The molecule has 0 aliphatic carbocycles. The lowest BCUT2D eigenvalue weighted by molar-refractivity contribution is -0.141. The topological polar surface area (TPSA) is 117 Å². The maximum absolute atomic E-state index is 14.1. The largest absolute Gasteiger partial charge is 0.418 e. The Hall–Kier alpha value is -3.77. The number of hydrogen-bond acceptors (Lipinski definition) is 7. The van der Waals surface area contributed by atoms with Gasteiger partial charge in [-0.2, -0.15) is 26.3 Å². The fraction of sp³-hybridized carbons (Fsp3) is 0.629. The molecule has 5 amide bonds. The average Bonchev–Trinajstić information content (AvgIpc) is 3.51. The van der Waals surface area contributed by atoms with Crippen molar-refractivity contribution < 1.29 is 40.7 Å². The van der Waals surface area contributed by atoms with E-state index in [1.54, 1.807) is 9.80 Å². The van der Waals surface area contributed by atoms with Gasteiger partial charge >= 0.3 is 24.4 Å². The monoisotopic (exact) mass is 770 g/mol. The maximum Gasteiger partial charge on any atom is 0.418 e. The van der Waals surface area contributed by atoms with Gasteiger partial charge in [0.25, 0.3) is 0 Å². The number of carbonyl (C=O) groups excluding carboxylic acids is 3. The number of nitrogens with one attached hydrogen (secondary N) is 2. The molecule has 0 spiro atoms. The van der Waals surface area contributed by atoms with Crippen LogP contribution in [0.25, 0.3) is 0 Å². The molecule has 1 unspecified atom stereocenters. The van der Waals surface area contributed by atoms with E-state index in [1.165, 1.54) is 16.2 Å². The normalized spacial score (nSPS) is 25.1. The van der Waals surface area contributed by atoms with Crippen molar-refractivity contribution in [3.05, 3.63) is 45.1 Å². The number of fused-ring (bicyclic) bond motifs is 4. The summed E-state index contributed by atoms with van der Waals surface area (Å²) >= 11 is 1.51. The number of nitrogen functional groups attached to an aromatic ring is 1. The zero-order chi connectivity index (χ0) is 37.7. The molecule has 0 radical (unpaired) electrons. The molecule has 0 saturated carbocycles. The zero-order valence-electron chi connectivity index (χ0n) is 29.1. The van der Waals surface area contributed by atoms with E-state index in [9.17, 15) is 40.7 Å². The summed E-state index contributed by atoms with van der Waals surface area (Å²) < 4.78 is 83.5. The summed E-state index contributed by atoms with van der Waals surface area (Å²) in [7, 11) is 0. The van der Waals surface area contributed by atoms with Crippen molar-refractivity contribution in [1.82, 2.24) is 29.8 Å². The highest BCUT2D eigenvalue weighted by atomic mass is 32.1. The number of amides is 5. The molecule has 6 aliphatic heterocycles. The number of hydrogen-bond donors (Lipinski definition) is 3. The molecule has 5 fully saturated rings. The number of piperidine rings is 4. The van der Waals surface area contributed by atoms with E-state index < -0.39 is 59.1 Å². The number of urea groups is 2. The quantitative estimate of drug-likeness (QED) is 0.288. The van der Waals surface area contributed by atoms with Gasteiger partial charge in [0.15, 0.2) is 0 Å². The smallest absolute Gasteiger partial charge is 0.398 e. The molecular formula is C35H44F6N8O3S. The molecular weight excluding hydrogens is 726 g/mol. The highest BCUT2D eigenvalue weighted by Crippen LogP contribution is 2.42. The Labute approximate surface area is 307 Å². The molecule has 53 heavy (non-hydrogen) atoms. The Balaban J connectivity index is 1.06. The summed E-state index contributed by atoms with van der Waals surface area (Å²) in [5, 5.41) is 9.50. The van der Waals surface area contributed by atoms with E-state index in [1.807, 2.05) is 10.8 Å². The first-order valence-corrected chi connectivity index (χ1v) is 19.1. The Morgan fingerprint density at radius 2 is 1.51 bits per heavy atom. The van der Waals surface area contributed by atoms with Crippen LogP contribution in [0.15, 0.2) is 22.9 Å². The highest BCUT2D eigenvalue weighted by Gasteiger charge is 2.43. The van der Waals surface area contributed by atoms with Gasteiger partial charge in [-0.05, 0) is 79.8 Å². The van der Waals surface area contributed by atoms with Gasteiger partial charge in [-0.1, -0.05) is 0 Å². The molecule has 2 atom stereocenters. The molecule has 4 N–H and O–H groups in total. The number of nitrogens with zero attached hydrogens (tertiary/aromatic N) is 5. The molecule has 2 bridgehead atoms. The number of benzene rings is 1. The minimum absolute atomic E-state index is 0.145. The van der Waals surface area contributed by atoms with Crippen LogP contribution in [0, 0.1) is 5.92 Å². The third kappa shape index (κ3) is 8.04. The summed E-state index contributed by atoms with van der Waals surface area (Å²) in [6.07, 6.45) is -7.14. The van der Waals surface area contributed by atoms with Crippen LogP contribution in [0.3, 0.4) is 0 Å². The van der Waals surface area contributed by atoms with Crippen LogP contribution in [-0.2, 0) is 30.0 Å². The van der Waals surface area contributed by atoms with Crippen LogP contribution in [-0.4, -0.2) is 126 Å². The number of carbonyl (C=O) groups is 3. The van der Waals surface area contributed by atoms with Gasteiger partial charge in [0.1, 0.15) is 6.04 Å². The average molecular weight is 771 g/mol. The third-order valence-electron chi connectivity index (χ3n) is 11.7. The number of piperazine rings is 1. The van der Waals surface area contributed by atoms with Gasteiger partial charge in [0.2, 0.25) is 5.91 Å². The summed E-state index contributed by atoms with van der Waals surface area (Å²) in [4.78, 5) is 50.4. The number of halogens is 6. The van der Waals surface area contributed by atoms with Gasteiger partial charge in [-0.15, -0.1) is 11.3 Å². The Bertz CT molecular complexity index is 1640. The number of rotatable bonds is 6. The standard InChI is InChI=1S/C35H44F6N8O3S/c36-34(37,38)25-15-21(16-26(30(25)42)35(39,40)41)17-27(31(50)47-13-11-46(12-14-47)29-18-45-6-1-22(29)2-7-45)43-32(51)48-8-4-24(5-9-48)49-10-3-23-19-53-20-28(23)44-33(49)52/h15-16,19-20,22,24,27,29H,1-14,17-18,42H2,(H,43,51)(H,44,52)/t27-,29?/m1/s1. The molecule has 6 aliphatic rings. The van der Waals surface area contributed by atoms with Crippen LogP contribution >= 0.6 is 11.3 Å². The van der Waals surface area contributed by atoms with Crippen molar-refractivity contribution >= 4 is 40.7 Å². The predicted octanol–water partition coefficient (Wildman–Crippen LogP) is 4.78. The zero-order valence-corrected chi connectivity index (χ0v) is 30.0. The maximum atomic E-state index is 14.1. The number of likely N-dealkylation sites (tertiary alicyclic amines) is 1. The fourth-order valence-electron chi connectivity index (χ4n) is 8.70. The van der Waals surface area contributed by atoms with E-state index in [0.29, 0.717) is 76.1 Å². The van der Waals surface area contributed by atoms with E-state index in [2.05, 4.69) is 20.4 Å². The molecule has 8 rings (SSSR count). The first-order chi connectivity index (χ1) is 25.2. The summed E-state index contributed by atoms with van der Waals surface area (Å²) in [5.41, 5.74) is 2.06. The number of anilines is 2.